The van der Waals surface area contributed by atoms with Gasteiger partial charge in [-0.3, -0.25) is 4.79 Å². The Kier molecular flexibility index (Phi) is 6.81. The molecule has 0 aliphatic heterocycles. The number of amides is 1. The molecule has 0 atom stereocenters. The van der Waals surface area contributed by atoms with Gasteiger partial charge in [-0.05, 0) is 58.7 Å². The van der Waals surface area contributed by atoms with E-state index in [1.165, 1.54) is 0 Å². The van der Waals surface area contributed by atoms with E-state index < -0.39 is 0 Å². The molecule has 126 valence electrons. The van der Waals surface area contributed by atoms with Gasteiger partial charge in [0.25, 0.3) is 0 Å². The number of ether oxygens (including phenoxy) is 1. The Morgan fingerprint density at radius 1 is 1.08 bits per heavy atom. The molecule has 2 aromatic rings. The van der Waals surface area contributed by atoms with Gasteiger partial charge in [0.15, 0.2) is 0 Å². The maximum atomic E-state index is 12.0. The van der Waals surface area contributed by atoms with Crippen LogP contribution >= 0.6 is 15.9 Å². The summed E-state index contributed by atoms with van der Waals surface area (Å²) in [6, 6.07) is 14.2. The first-order valence-corrected chi connectivity index (χ1v) is 8.45. The lowest BCUT2D eigenvalue weighted by molar-refractivity contribution is -0.114. The molecule has 0 bridgehead atoms. The van der Waals surface area contributed by atoms with Crippen molar-refractivity contribution < 1.29 is 14.3 Å². The molecule has 0 aliphatic rings. The zero-order valence-corrected chi connectivity index (χ0v) is 14.9. The van der Waals surface area contributed by atoms with Gasteiger partial charge in [-0.15, -0.1) is 0 Å². The van der Waals surface area contributed by atoms with Crippen LogP contribution in [0.4, 0.5) is 11.4 Å². The number of benzene rings is 2. The summed E-state index contributed by atoms with van der Waals surface area (Å²) in [5, 5.41) is 5.82. The highest BCUT2D eigenvalue weighted by Crippen LogP contribution is 2.20. The van der Waals surface area contributed by atoms with Crippen molar-refractivity contribution in [1.82, 2.24) is 0 Å². The molecule has 0 saturated heterocycles. The van der Waals surface area contributed by atoms with E-state index in [0.717, 1.165) is 16.6 Å². The van der Waals surface area contributed by atoms with Crippen molar-refractivity contribution >= 4 is 39.2 Å². The third kappa shape index (κ3) is 5.38. The van der Waals surface area contributed by atoms with E-state index in [4.69, 9.17) is 4.74 Å². The number of anilines is 2. The zero-order chi connectivity index (χ0) is 17.4. The van der Waals surface area contributed by atoms with Crippen LogP contribution in [0.2, 0.25) is 0 Å². The molecule has 0 fully saturated rings. The van der Waals surface area contributed by atoms with Crippen LogP contribution in [-0.4, -0.2) is 25.0 Å². The minimum Gasteiger partial charge on any atom is -0.462 e. The van der Waals surface area contributed by atoms with Crippen molar-refractivity contribution in [1.29, 1.82) is 0 Å². The maximum Gasteiger partial charge on any atom is 0.338 e. The molecule has 1 amide bonds. The Morgan fingerprint density at radius 3 is 2.46 bits per heavy atom. The van der Waals surface area contributed by atoms with Crippen LogP contribution in [0.1, 0.15) is 23.7 Å². The number of hydrogen-bond acceptors (Lipinski definition) is 4. The fourth-order valence-electron chi connectivity index (χ4n) is 1.95. The van der Waals surface area contributed by atoms with Crippen molar-refractivity contribution in [3.05, 3.63) is 58.6 Å². The second-order valence-electron chi connectivity index (χ2n) is 5.09. The molecule has 0 spiro atoms. The average molecular weight is 391 g/mol. The largest absolute Gasteiger partial charge is 0.462 e. The standard InChI is InChI=1S/C18H19BrN2O3/c1-2-11-24-18(23)13-7-9-14(10-8-13)21-17(22)12-20-16-6-4-3-5-15(16)19/h3-10,20H,2,11-12H2,1H3,(H,21,22). The SMILES string of the molecule is CCCOC(=O)c1ccc(NC(=O)CNc2ccccc2Br)cc1. The van der Waals surface area contributed by atoms with Gasteiger partial charge in [-0.25, -0.2) is 4.79 Å². The third-order valence-electron chi connectivity index (χ3n) is 3.15. The van der Waals surface area contributed by atoms with Gasteiger partial charge in [0.1, 0.15) is 0 Å². The van der Waals surface area contributed by atoms with E-state index in [-0.39, 0.29) is 18.4 Å². The topological polar surface area (TPSA) is 67.4 Å². The van der Waals surface area contributed by atoms with Gasteiger partial charge in [0.2, 0.25) is 5.91 Å². The van der Waals surface area contributed by atoms with E-state index in [1.807, 2.05) is 31.2 Å². The van der Waals surface area contributed by atoms with E-state index in [9.17, 15) is 9.59 Å². The summed E-state index contributed by atoms with van der Waals surface area (Å²) < 4.78 is 5.95. The van der Waals surface area contributed by atoms with Gasteiger partial charge in [-0.2, -0.15) is 0 Å². The van der Waals surface area contributed by atoms with Crippen LogP contribution in [0.3, 0.4) is 0 Å². The lowest BCUT2D eigenvalue weighted by Gasteiger charge is -2.09. The Bertz CT molecular complexity index is 702. The number of nitrogens with one attached hydrogen (secondary N) is 2. The van der Waals surface area contributed by atoms with Gasteiger partial charge >= 0.3 is 5.97 Å². The molecule has 6 heteroatoms. The number of rotatable bonds is 7. The molecule has 2 rings (SSSR count). The molecule has 0 unspecified atom stereocenters. The van der Waals surface area contributed by atoms with Crippen LogP contribution in [0.25, 0.3) is 0 Å². The van der Waals surface area contributed by atoms with Crippen LogP contribution < -0.4 is 10.6 Å². The molecule has 0 heterocycles. The summed E-state index contributed by atoms with van der Waals surface area (Å²) in [6.45, 7) is 2.48. The molecule has 0 aliphatic carbocycles. The van der Waals surface area contributed by atoms with E-state index in [2.05, 4.69) is 26.6 Å². The Morgan fingerprint density at radius 2 is 1.79 bits per heavy atom. The third-order valence-corrected chi connectivity index (χ3v) is 3.85. The summed E-state index contributed by atoms with van der Waals surface area (Å²) in [4.78, 5) is 23.7. The van der Waals surface area contributed by atoms with Crippen LogP contribution in [-0.2, 0) is 9.53 Å². The molecule has 2 aromatic carbocycles. The number of hydrogen-bond donors (Lipinski definition) is 2. The first-order valence-electron chi connectivity index (χ1n) is 7.65. The van der Waals surface area contributed by atoms with Gasteiger partial charge in [-0.1, -0.05) is 19.1 Å². The zero-order valence-electron chi connectivity index (χ0n) is 13.3. The summed E-state index contributed by atoms with van der Waals surface area (Å²) in [5.41, 5.74) is 1.94. The van der Waals surface area contributed by atoms with Gasteiger partial charge < -0.3 is 15.4 Å². The Hall–Kier alpha value is -2.34. The first-order chi connectivity index (χ1) is 11.6. The predicted octanol–water partition coefficient (Wildman–Crippen LogP) is 4.07. The van der Waals surface area contributed by atoms with Crippen LogP contribution in [0.15, 0.2) is 53.0 Å². The number of halogens is 1. The highest BCUT2D eigenvalue weighted by molar-refractivity contribution is 9.10. The Labute approximate surface area is 149 Å². The maximum absolute atomic E-state index is 12.0. The fraction of sp³-hybridized carbons (Fsp3) is 0.222. The summed E-state index contributed by atoms with van der Waals surface area (Å²) in [7, 11) is 0. The van der Waals surface area contributed by atoms with Crippen molar-refractivity contribution in [2.45, 2.75) is 13.3 Å². The van der Waals surface area contributed by atoms with Crippen LogP contribution in [0.5, 0.6) is 0 Å². The number of carbonyl (C=O) groups excluding carboxylic acids is 2. The molecule has 2 N–H and O–H groups in total. The molecular formula is C18H19BrN2O3. The lowest BCUT2D eigenvalue weighted by Crippen LogP contribution is -2.21. The van der Waals surface area contributed by atoms with Crippen LogP contribution in [0, 0.1) is 0 Å². The predicted molar refractivity (Wildman–Crippen MR) is 98.3 cm³/mol. The van der Waals surface area contributed by atoms with Crippen molar-refractivity contribution in [3.63, 3.8) is 0 Å². The second kappa shape index (κ2) is 9.08. The highest BCUT2D eigenvalue weighted by Gasteiger charge is 2.08. The minimum atomic E-state index is -0.356. The van der Waals surface area contributed by atoms with Crippen molar-refractivity contribution in [2.75, 3.05) is 23.8 Å². The number of carbonyl (C=O) groups is 2. The molecule has 0 radical (unpaired) electrons. The van der Waals surface area contributed by atoms with Crippen molar-refractivity contribution in [3.8, 4) is 0 Å². The minimum absolute atomic E-state index is 0.142. The number of para-hydroxylation sites is 1. The molecule has 0 saturated carbocycles. The monoisotopic (exact) mass is 390 g/mol. The molecule has 24 heavy (non-hydrogen) atoms. The summed E-state index contributed by atoms with van der Waals surface area (Å²) in [6.07, 6.45) is 0.782. The normalized spacial score (nSPS) is 10.1. The Balaban J connectivity index is 1.85. The molecular weight excluding hydrogens is 372 g/mol. The van der Waals surface area contributed by atoms with Gasteiger partial charge in [0, 0.05) is 15.8 Å². The fourth-order valence-corrected chi connectivity index (χ4v) is 2.38. The quantitative estimate of drug-likeness (QED) is 0.699. The van der Waals surface area contributed by atoms with Gasteiger partial charge in [0.05, 0.1) is 18.7 Å². The average Bonchev–Trinajstić information content (AvgIpc) is 2.59. The van der Waals surface area contributed by atoms with Crippen molar-refractivity contribution in [2.24, 2.45) is 0 Å². The summed E-state index contributed by atoms with van der Waals surface area (Å²) >= 11 is 3.41. The summed E-state index contributed by atoms with van der Waals surface area (Å²) in [5.74, 6) is -0.530. The van der Waals surface area contributed by atoms with E-state index in [0.29, 0.717) is 17.9 Å². The number of esters is 1. The molecule has 0 aromatic heterocycles. The van der Waals surface area contributed by atoms with E-state index >= 15 is 0 Å². The lowest BCUT2D eigenvalue weighted by atomic mass is 10.2. The first kappa shape index (κ1) is 18.0. The molecule has 5 nitrogen and oxygen atoms in total. The second-order valence-corrected chi connectivity index (χ2v) is 5.95. The highest BCUT2D eigenvalue weighted by atomic mass is 79.9. The van der Waals surface area contributed by atoms with E-state index in [1.54, 1.807) is 24.3 Å². The smallest absolute Gasteiger partial charge is 0.338 e.